The van der Waals surface area contributed by atoms with E-state index in [4.69, 9.17) is 0 Å². The SMILES string of the molecule is CCNC(=O)CS(=O)C1CC(C)CCC1NCC. The van der Waals surface area contributed by atoms with E-state index in [0.717, 1.165) is 19.4 Å². The van der Waals surface area contributed by atoms with E-state index in [2.05, 4.69) is 24.5 Å². The molecule has 106 valence electrons. The largest absolute Gasteiger partial charge is 0.356 e. The van der Waals surface area contributed by atoms with Gasteiger partial charge in [0, 0.05) is 23.4 Å². The number of hydrogen-bond acceptors (Lipinski definition) is 3. The zero-order valence-corrected chi connectivity index (χ0v) is 12.5. The molecule has 0 aromatic rings. The van der Waals surface area contributed by atoms with Crippen LogP contribution in [0.2, 0.25) is 0 Å². The van der Waals surface area contributed by atoms with Gasteiger partial charge in [-0.25, -0.2) is 0 Å². The van der Waals surface area contributed by atoms with Gasteiger partial charge in [0.25, 0.3) is 0 Å². The van der Waals surface area contributed by atoms with E-state index >= 15 is 0 Å². The minimum absolute atomic E-state index is 0.0932. The molecule has 4 atom stereocenters. The van der Waals surface area contributed by atoms with Crippen molar-refractivity contribution in [1.29, 1.82) is 0 Å². The van der Waals surface area contributed by atoms with E-state index in [0.29, 0.717) is 18.5 Å². The molecule has 0 spiro atoms. The first-order valence-electron chi connectivity index (χ1n) is 6.95. The van der Waals surface area contributed by atoms with Crippen molar-refractivity contribution in [3.8, 4) is 0 Å². The summed E-state index contributed by atoms with van der Waals surface area (Å²) in [5, 5.41) is 6.26. The van der Waals surface area contributed by atoms with Crippen LogP contribution in [0, 0.1) is 5.92 Å². The molecule has 1 rings (SSSR count). The Morgan fingerprint density at radius 2 is 2.00 bits per heavy atom. The van der Waals surface area contributed by atoms with Crippen LogP contribution in [0.25, 0.3) is 0 Å². The first kappa shape index (κ1) is 15.6. The highest BCUT2D eigenvalue weighted by Gasteiger charge is 2.32. The minimum Gasteiger partial charge on any atom is -0.356 e. The molecule has 5 heteroatoms. The lowest BCUT2D eigenvalue weighted by Gasteiger charge is -2.34. The van der Waals surface area contributed by atoms with Crippen molar-refractivity contribution in [3.05, 3.63) is 0 Å². The quantitative estimate of drug-likeness (QED) is 0.761. The first-order chi connectivity index (χ1) is 8.58. The van der Waals surface area contributed by atoms with E-state index in [1.54, 1.807) is 0 Å². The second-order valence-corrected chi connectivity index (χ2v) is 6.76. The first-order valence-corrected chi connectivity index (χ1v) is 8.33. The van der Waals surface area contributed by atoms with Crippen molar-refractivity contribution in [2.75, 3.05) is 18.8 Å². The maximum atomic E-state index is 12.3. The van der Waals surface area contributed by atoms with Crippen LogP contribution in [0.1, 0.15) is 40.0 Å². The van der Waals surface area contributed by atoms with E-state index in [1.807, 2.05) is 6.92 Å². The second kappa shape index (κ2) is 7.89. The van der Waals surface area contributed by atoms with Crippen LogP contribution >= 0.6 is 0 Å². The van der Waals surface area contributed by atoms with E-state index < -0.39 is 10.8 Å². The third kappa shape index (κ3) is 4.69. The van der Waals surface area contributed by atoms with Gasteiger partial charge in [-0.05, 0) is 38.6 Å². The topological polar surface area (TPSA) is 58.2 Å². The van der Waals surface area contributed by atoms with Crippen molar-refractivity contribution in [3.63, 3.8) is 0 Å². The van der Waals surface area contributed by atoms with Crippen LogP contribution in [-0.2, 0) is 15.6 Å². The molecule has 2 N–H and O–H groups in total. The summed E-state index contributed by atoms with van der Waals surface area (Å²) in [7, 11) is -1.06. The molecular formula is C13H26N2O2S. The highest BCUT2D eigenvalue weighted by Crippen LogP contribution is 2.27. The van der Waals surface area contributed by atoms with Crippen LogP contribution in [0.15, 0.2) is 0 Å². The van der Waals surface area contributed by atoms with Crippen molar-refractivity contribution in [1.82, 2.24) is 10.6 Å². The van der Waals surface area contributed by atoms with Crippen molar-refractivity contribution >= 4 is 16.7 Å². The average molecular weight is 274 g/mol. The van der Waals surface area contributed by atoms with Gasteiger partial charge in [-0.15, -0.1) is 0 Å². The number of amides is 1. The third-order valence-corrected chi connectivity index (χ3v) is 5.25. The lowest BCUT2D eigenvalue weighted by atomic mass is 9.87. The molecule has 18 heavy (non-hydrogen) atoms. The monoisotopic (exact) mass is 274 g/mol. The molecule has 1 amide bonds. The molecule has 0 aromatic carbocycles. The summed E-state index contributed by atoms with van der Waals surface area (Å²) in [6, 6.07) is 0.307. The van der Waals surface area contributed by atoms with Crippen LogP contribution in [-0.4, -0.2) is 40.3 Å². The Morgan fingerprint density at radius 1 is 1.28 bits per heavy atom. The van der Waals surface area contributed by atoms with Crippen LogP contribution < -0.4 is 10.6 Å². The Morgan fingerprint density at radius 3 is 2.61 bits per heavy atom. The molecule has 4 nitrogen and oxygen atoms in total. The standard InChI is InChI=1S/C13H26N2O2S/c1-4-14-11-7-6-10(3)8-12(11)18(17)9-13(16)15-5-2/h10-12,14H,4-9H2,1-3H3,(H,15,16). The Bertz CT molecular complexity index is 297. The molecule has 1 aliphatic carbocycles. The summed E-state index contributed by atoms with van der Waals surface area (Å²) in [5.41, 5.74) is 0. The van der Waals surface area contributed by atoms with Gasteiger partial charge >= 0.3 is 0 Å². The van der Waals surface area contributed by atoms with Gasteiger partial charge in [0.2, 0.25) is 5.91 Å². The summed E-state index contributed by atoms with van der Waals surface area (Å²) < 4.78 is 12.3. The number of carbonyl (C=O) groups excluding carboxylic acids is 1. The fourth-order valence-corrected chi connectivity index (χ4v) is 4.32. The van der Waals surface area contributed by atoms with Gasteiger partial charge in [-0.3, -0.25) is 9.00 Å². The summed E-state index contributed by atoms with van der Waals surface area (Å²) in [5.74, 6) is 0.667. The number of carbonyl (C=O) groups is 1. The Balaban J connectivity index is 2.57. The Hall–Kier alpha value is -0.420. The smallest absolute Gasteiger partial charge is 0.232 e. The van der Waals surface area contributed by atoms with Crippen LogP contribution in [0.4, 0.5) is 0 Å². The van der Waals surface area contributed by atoms with Gasteiger partial charge in [0.1, 0.15) is 5.75 Å². The lowest BCUT2D eigenvalue weighted by molar-refractivity contribution is -0.118. The Kier molecular flexibility index (Phi) is 6.86. The van der Waals surface area contributed by atoms with E-state index in [-0.39, 0.29) is 16.9 Å². The molecule has 1 saturated carbocycles. The van der Waals surface area contributed by atoms with Gasteiger partial charge in [-0.1, -0.05) is 13.8 Å². The summed E-state index contributed by atoms with van der Waals surface area (Å²) in [4.78, 5) is 11.5. The van der Waals surface area contributed by atoms with Crippen molar-refractivity contribution in [2.24, 2.45) is 5.92 Å². The molecule has 1 aliphatic rings. The molecule has 4 unspecified atom stereocenters. The predicted octanol–water partition coefficient (Wildman–Crippen LogP) is 1.04. The fraction of sp³-hybridized carbons (Fsp3) is 0.923. The molecular weight excluding hydrogens is 248 g/mol. The van der Waals surface area contributed by atoms with E-state index in [1.165, 1.54) is 6.42 Å². The van der Waals surface area contributed by atoms with Gasteiger partial charge in [0.05, 0.1) is 5.25 Å². The third-order valence-electron chi connectivity index (χ3n) is 3.51. The molecule has 0 aliphatic heterocycles. The van der Waals surface area contributed by atoms with Crippen molar-refractivity contribution < 1.29 is 9.00 Å². The summed E-state index contributed by atoms with van der Waals surface area (Å²) in [6.07, 6.45) is 3.22. The number of nitrogens with one attached hydrogen (secondary N) is 2. The molecule has 0 saturated heterocycles. The van der Waals surface area contributed by atoms with Gasteiger partial charge in [-0.2, -0.15) is 0 Å². The van der Waals surface area contributed by atoms with Gasteiger partial charge < -0.3 is 10.6 Å². The summed E-state index contributed by atoms with van der Waals surface area (Å²) in [6.45, 7) is 7.66. The number of rotatable bonds is 6. The van der Waals surface area contributed by atoms with Crippen LogP contribution in [0.5, 0.6) is 0 Å². The van der Waals surface area contributed by atoms with E-state index in [9.17, 15) is 9.00 Å². The molecule has 0 aromatic heterocycles. The molecule has 0 heterocycles. The Labute approximate surface area is 113 Å². The highest BCUT2D eigenvalue weighted by atomic mass is 32.2. The maximum Gasteiger partial charge on any atom is 0.232 e. The lowest BCUT2D eigenvalue weighted by Crippen LogP contribution is -2.47. The fourth-order valence-electron chi connectivity index (χ4n) is 2.60. The molecule has 1 fully saturated rings. The van der Waals surface area contributed by atoms with Crippen molar-refractivity contribution in [2.45, 2.75) is 51.3 Å². The zero-order valence-electron chi connectivity index (χ0n) is 11.7. The highest BCUT2D eigenvalue weighted by molar-refractivity contribution is 7.86. The summed E-state index contributed by atoms with van der Waals surface area (Å²) >= 11 is 0. The second-order valence-electron chi connectivity index (χ2n) is 5.10. The minimum atomic E-state index is -1.06. The predicted molar refractivity (Wildman–Crippen MR) is 76.0 cm³/mol. The normalized spacial score (nSPS) is 29.8. The van der Waals surface area contributed by atoms with Crippen LogP contribution in [0.3, 0.4) is 0 Å². The van der Waals surface area contributed by atoms with Gasteiger partial charge in [0.15, 0.2) is 0 Å². The molecule has 0 radical (unpaired) electrons. The maximum absolute atomic E-state index is 12.3. The molecule has 0 bridgehead atoms. The average Bonchev–Trinajstić information content (AvgIpc) is 2.32. The number of hydrogen-bond donors (Lipinski definition) is 2. The zero-order chi connectivity index (χ0) is 13.5.